The van der Waals surface area contributed by atoms with Crippen LogP contribution in [0, 0.1) is 13.8 Å². The molecule has 0 spiro atoms. The standard InChI is InChI=1S/C24H28N2O3/c1-5-19-15-21(26(25-19)20-10-8-16(2)17(3)13-20)18-9-11-22(27-4)23(14-18)29-24-7-6-12-28-24/h8-11,13-15,24H,5-7,12H2,1-4H3. The molecule has 1 saturated heterocycles. The zero-order valence-corrected chi connectivity index (χ0v) is 17.6. The van der Waals surface area contributed by atoms with Crippen molar-refractivity contribution in [3.8, 4) is 28.4 Å². The number of nitrogens with zero attached hydrogens (tertiary/aromatic N) is 2. The van der Waals surface area contributed by atoms with Gasteiger partial charge in [0.1, 0.15) is 0 Å². The Hall–Kier alpha value is -2.79. The van der Waals surface area contributed by atoms with Gasteiger partial charge < -0.3 is 14.2 Å². The van der Waals surface area contributed by atoms with Gasteiger partial charge in [0.2, 0.25) is 0 Å². The Morgan fingerprint density at radius 2 is 1.93 bits per heavy atom. The van der Waals surface area contributed by atoms with Crippen LogP contribution in [-0.2, 0) is 11.2 Å². The van der Waals surface area contributed by atoms with Crippen LogP contribution in [0.5, 0.6) is 11.5 Å². The maximum absolute atomic E-state index is 6.10. The van der Waals surface area contributed by atoms with Gasteiger partial charge in [-0.3, -0.25) is 0 Å². The summed E-state index contributed by atoms with van der Waals surface area (Å²) in [6.07, 6.45) is 2.58. The van der Waals surface area contributed by atoms with E-state index in [1.165, 1.54) is 11.1 Å². The maximum Gasteiger partial charge on any atom is 0.200 e. The van der Waals surface area contributed by atoms with E-state index in [2.05, 4.69) is 51.1 Å². The van der Waals surface area contributed by atoms with Crippen LogP contribution in [0.2, 0.25) is 0 Å². The summed E-state index contributed by atoms with van der Waals surface area (Å²) in [7, 11) is 1.66. The minimum absolute atomic E-state index is 0.213. The number of aromatic nitrogens is 2. The zero-order chi connectivity index (χ0) is 20.4. The molecular weight excluding hydrogens is 364 g/mol. The molecule has 2 aromatic carbocycles. The molecule has 5 heteroatoms. The lowest BCUT2D eigenvalue weighted by Gasteiger charge is -2.17. The highest BCUT2D eigenvalue weighted by Crippen LogP contribution is 2.35. The highest BCUT2D eigenvalue weighted by Gasteiger charge is 2.20. The molecule has 0 bridgehead atoms. The lowest BCUT2D eigenvalue weighted by Crippen LogP contribution is -2.14. The third-order valence-electron chi connectivity index (χ3n) is 5.46. The van der Waals surface area contributed by atoms with Gasteiger partial charge in [-0.05, 0) is 74.2 Å². The van der Waals surface area contributed by atoms with Gasteiger partial charge in [0, 0.05) is 12.0 Å². The summed E-state index contributed by atoms with van der Waals surface area (Å²) in [5, 5.41) is 4.84. The molecule has 0 N–H and O–H groups in total. The number of rotatable bonds is 6. The second-order valence-electron chi connectivity index (χ2n) is 7.48. The number of hydrogen-bond donors (Lipinski definition) is 0. The van der Waals surface area contributed by atoms with Gasteiger partial charge in [0.05, 0.1) is 30.8 Å². The molecule has 1 atom stereocenters. The Bertz CT molecular complexity index is 1000. The Balaban J connectivity index is 1.77. The summed E-state index contributed by atoms with van der Waals surface area (Å²) in [5.74, 6) is 1.40. The van der Waals surface area contributed by atoms with E-state index in [0.717, 1.165) is 48.5 Å². The van der Waals surface area contributed by atoms with Crippen LogP contribution in [-0.4, -0.2) is 29.8 Å². The number of benzene rings is 2. The first-order chi connectivity index (χ1) is 14.1. The van der Waals surface area contributed by atoms with Crippen LogP contribution in [0.15, 0.2) is 42.5 Å². The van der Waals surface area contributed by atoms with Gasteiger partial charge >= 0.3 is 0 Å². The molecule has 1 unspecified atom stereocenters. The van der Waals surface area contributed by atoms with Crippen molar-refractivity contribution in [1.82, 2.24) is 9.78 Å². The fraction of sp³-hybridized carbons (Fsp3) is 0.375. The van der Waals surface area contributed by atoms with E-state index in [1.54, 1.807) is 7.11 Å². The minimum atomic E-state index is -0.213. The van der Waals surface area contributed by atoms with Gasteiger partial charge in [-0.2, -0.15) is 5.10 Å². The van der Waals surface area contributed by atoms with E-state index in [0.29, 0.717) is 11.5 Å². The Labute approximate surface area is 172 Å². The average Bonchev–Trinajstić information content (AvgIpc) is 3.40. The van der Waals surface area contributed by atoms with Crippen LogP contribution in [0.25, 0.3) is 16.9 Å². The fourth-order valence-electron chi connectivity index (χ4n) is 3.57. The van der Waals surface area contributed by atoms with Gasteiger partial charge in [0.15, 0.2) is 17.8 Å². The van der Waals surface area contributed by atoms with Crippen molar-refractivity contribution in [2.45, 2.75) is 46.3 Å². The van der Waals surface area contributed by atoms with Gasteiger partial charge in [-0.15, -0.1) is 0 Å². The van der Waals surface area contributed by atoms with Crippen LogP contribution >= 0.6 is 0 Å². The number of aryl methyl sites for hydroxylation is 3. The third kappa shape index (κ3) is 4.01. The summed E-state index contributed by atoms with van der Waals surface area (Å²) < 4.78 is 19.3. The van der Waals surface area contributed by atoms with Crippen molar-refractivity contribution in [3.63, 3.8) is 0 Å². The molecular formula is C24H28N2O3. The lowest BCUT2D eigenvalue weighted by atomic mass is 10.1. The number of hydrogen-bond acceptors (Lipinski definition) is 4. The molecule has 2 heterocycles. The van der Waals surface area contributed by atoms with Crippen LogP contribution in [0.1, 0.15) is 36.6 Å². The van der Waals surface area contributed by atoms with Gasteiger partial charge in [-0.25, -0.2) is 4.68 Å². The van der Waals surface area contributed by atoms with E-state index < -0.39 is 0 Å². The van der Waals surface area contributed by atoms with Crippen molar-refractivity contribution < 1.29 is 14.2 Å². The molecule has 1 aliphatic heterocycles. The smallest absolute Gasteiger partial charge is 0.200 e. The molecule has 3 aromatic rings. The Kier molecular flexibility index (Phi) is 5.58. The molecule has 0 saturated carbocycles. The lowest BCUT2D eigenvalue weighted by molar-refractivity contribution is -0.0402. The molecule has 4 rings (SSSR count). The molecule has 1 aromatic heterocycles. The predicted molar refractivity (Wildman–Crippen MR) is 114 cm³/mol. The molecule has 1 aliphatic rings. The van der Waals surface area contributed by atoms with Crippen molar-refractivity contribution in [1.29, 1.82) is 0 Å². The SMILES string of the molecule is CCc1cc(-c2ccc(OC)c(OC3CCCO3)c2)n(-c2ccc(C)c(C)c2)n1. The molecule has 0 amide bonds. The average molecular weight is 392 g/mol. The summed E-state index contributed by atoms with van der Waals surface area (Å²) >= 11 is 0. The topological polar surface area (TPSA) is 45.5 Å². The van der Waals surface area contributed by atoms with Gasteiger partial charge in [-0.1, -0.05) is 13.0 Å². The molecule has 5 nitrogen and oxygen atoms in total. The maximum atomic E-state index is 6.10. The largest absolute Gasteiger partial charge is 0.493 e. The first-order valence-electron chi connectivity index (χ1n) is 10.2. The summed E-state index contributed by atoms with van der Waals surface area (Å²) in [6.45, 7) is 7.12. The Morgan fingerprint density at radius 3 is 2.62 bits per heavy atom. The van der Waals surface area contributed by atoms with E-state index in [9.17, 15) is 0 Å². The van der Waals surface area contributed by atoms with Crippen LogP contribution in [0.4, 0.5) is 0 Å². The van der Waals surface area contributed by atoms with Gasteiger partial charge in [0.25, 0.3) is 0 Å². The quantitative estimate of drug-likeness (QED) is 0.575. The first kappa shape index (κ1) is 19.5. The summed E-state index contributed by atoms with van der Waals surface area (Å²) in [5.41, 5.74) is 6.69. The molecule has 0 radical (unpaired) electrons. The molecule has 0 aliphatic carbocycles. The number of ether oxygens (including phenoxy) is 3. The second kappa shape index (κ2) is 8.29. The molecule has 29 heavy (non-hydrogen) atoms. The highest BCUT2D eigenvalue weighted by atomic mass is 16.7. The van der Waals surface area contributed by atoms with E-state index in [1.807, 2.05) is 16.8 Å². The van der Waals surface area contributed by atoms with E-state index in [4.69, 9.17) is 19.3 Å². The summed E-state index contributed by atoms with van der Waals surface area (Å²) in [4.78, 5) is 0. The van der Waals surface area contributed by atoms with E-state index >= 15 is 0 Å². The fourth-order valence-corrected chi connectivity index (χ4v) is 3.57. The van der Waals surface area contributed by atoms with Crippen LogP contribution < -0.4 is 9.47 Å². The second-order valence-corrected chi connectivity index (χ2v) is 7.48. The monoisotopic (exact) mass is 392 g/mol. The predicted octanol–water partition coefficient (Wildman–Crippen LogP) is 5.24. The van der Waals surface area contributed by atoms with Crippen LogP contribution in [0.3, 0.4) is 0 Å². The van der Waals surface area contributed by atoms with E-state index in [-0.39, 0.29) is 6.29 Å². The minimum Gasteiger partial charge on any atom is -0.493 e. The molecule has 152 valence electrons. The zero-order valence-electron chi connectivity index (χ0n) is 17.6. The third-order valence-corrected chi connectivity index (χ3v) is 5.46. The highest BCUT2D eigenvalue weighted by molar-refractivity contribution is 5.67. The van der Waals surface area contributed by atoms with Crippen molar-refractivity contribution in [2.75, 3.05) is 13.7 Å². The first-order valence-corrected chi connectivity index (χ1v) is 10.2. The Morgan fingerprint density at radius 1 is 1.07 bits per heavy atom. The normalized spacial score (nSPS) is 16.2. The molecule has 1 fully saturated rings. The van der Waals surface area contributed by atoms with Crippen molar-refractivity contribution in [3.05, 3.63) is 59.3 Å². The van der Waals surface area contributed by atoms with Crippen molar-refractivity contribution in [2.24, 2.45) is 0 Å². The summed E-state index contributed by atoms with van der Waals surface area (Å²) in [6, 6.07) is 14.6. The number of methoxy groups -OCH3 is 1. The van der Waals surface area contributed by atoms with Crippen molar-refractivity contribution >= 4 is 0 Å².